The number of nitrogens with zero attached hydrogens (tertiary/aromatic N) is 2. The number of nitrogens with one attached hydrogen (secondary N) is 5. The van der Waals surface area contributed by atoms with Gasteiger partial charge in [-0.15, -0.1) is 0 Å². The summed E-state index contributed by atoms with van der Waals surface area (Å²) in [6, 6.07) is -1.64. The van der Waals surface area contributed by atoms with E-state index in [1.807, 2.05) is 13.8 Å². The molecule has 308 valence electrons. The van der Waals surface area contributed by atoms with E-state index in [0.29, 0.717) is 44.1 Å². The third kappa shape index (κ3) is 10.8. The van der Waals surface area contributed by atoms with Gasteiger partial charge in [-0.25, -0.2) is 0 Å². The molecule has 17 heteroatoms. The largest absolute Gasteiger partial charge is 0.508 e. The Morgan fingerprint density at radius 2 is 1.23 bits per heavy atom. The Labute approximate surface area is 327 Å². The first kappa shape index (κ1) is 43.5. The first-order chi connectivity index (χ1) is 26.6. The number of rotatable bonds is 9. The third-order valence-corrected chi connectivity index (χ3v) is 11.3. The number of hydrogen-bond donors (Lipinski definition) is 7. The molecule has 3 saturated heterocycles. The molecule has 9 atom stereocenters. The van der Waals surface area contributed by atoms with Crippen LogP contribution in [0.2, 0.25) is 0 Å². The first-order valence-electron chi connectivity index (χ1n) is 19.7. The normalized spacial score (nSPS) is 28.4. The number of hydrogen-bond acceptors (Lipinski definition) is 9. The average Bonchev–Trinajstić information content (AvgIpc) is 3.87. The highest BCUT2D eigenvalue weighted by atomic mass is 16.3. The second kappa shape index (κ2) is 19.6. The minimum atomic E-state index is -1.32. The van der Waals surface area contributed by atoms with E-state index in [1.165, 1.54) is 28.9 Å². The number of fused-ring (bicyclic) bond motifs is 2. The van der Waals surface area contributed by atoms with Crippen LogP contribution in [0, 0.1) is 11.8 Å². The molecule has 1 aromatic carbocycles. The van der Waals surface area contributed by atoms with Gasteiger partial charge in [-0.3, -0.25) is 38.4 Å². The molecule has 3 fully saturated rings. The number of carbonyl (C=O) groups excluding carboxylic acids is 8. The summed E-state index contributed by atoms with van der Waals surface area (Å²) in [6.45, 7) is 9.06. The van der Waals surface area contributed by atoms with Crippen molar-refractivity contribution in [1.29, 1.82) is 0 Å². The topological polar surface area (TPSA) is 249 Å². The lowest BCUT2D eigenvalue weighted by atomic mass is 9.95. The van der Waals surface area contributed by atoms with Gasteiger partial charge in [0.05, 0.1) is 0 Å². The summed E-state index contributed by atoms with van der Waals surface area (Å²) in [5.74, 6) is -5.90. The maximum atomic E-state index is 14.4. The van der Waals surface area contributed by atoms with E-state index in [2.05, 4.69) is 26.6 Å². The lowest BCUT2D eigenvalue weighted by Crippen LogP contribution is -2.61. The Bertz CT molecular complexity index is 1640. The highest BCUT2D eigenvalue weighted by Gasteiger charge is 2.43. The molecule has 3 aliphatic rings. The van der Waals surface area contributed by atoms with Crippen molar-refractivity contribution in [2.45, 2.75) is 135 Å². The lowest BCUT2D eigenvalue weighted by molar-refractivity contribution is -0.145. The molecule has 8 amide bonds. The van der Waals surface area contributed by atoms with Crippen LogP contribution in [0.1, 0.15) is 91.5 Å². The van der Waals surface area contributed by atoms with E-state index in [0.717, 1.165) is 0 Å². The number of aromatic hydroxyl groups is 1. The molecule has 1 aromatic rings. The van der Waals surface area contributed by atoms with Gasteiger partial charge in [0.25, 0.3) is 0 Å². The SMILES string of the molecule is CC[C@H](C)[C@@H]1NC(=O)[C@H](C)NC(=O)[C@@H]2CCCN2C(=O)[C@H](Cc2ccc(O)cc2)NC(=O)[C@@H]2CCCN2C(=O)[C@H]([C@@H](C)CC)NC(=O)[C@H](CCC(N)=O)NC1=O. The monoisotopic (exact) mass is 782 g/mol. The summed E-state index contributed by atoms with van der Waals surface area (Å²) in [5.41, 5.74) is 6.04. The van der Waals surface area contributed by atoms with Crippen LogP contribution in [0.5, 0.6) is 5.75 Å². The zero-order chi connectivity index (χ0) is 41.3. The predicted octanol–water partition coefficient (Wildman–Crippen LogP) is -0.268. The number of amides is 8. The molecule has 0 unspecified atom stereocenters. The second-order valence-electron chi connectivity index (χ2n) is 15.4. The fraction of sp³-hybridized carbons (Fsp3) is 0.641. The van der Waals surface area contributed by atoms with Crippen molar-refractivity contribution >= 4 is 47.3 Å². The highest BCUT2D eigenvalue weighted by molar-refractivity contribution is 5.99. The van der Waals surface area contributed by atoms with Gasteiger partial charge in [-0.05, 0) is 68.6 Å². The van der Waals surface area contributed by atoms with Crippen molar-refractivity contribution in [3.63, 3.8) is 0 Å². The Kier molecular flexibility index (Phi) is 15.2. The minimum Gasteiger partial charge on any atom is -0.508 e. The molecule has 0 spiro atoms. The quantitative estimate of drug-likeness (QED) is 0.174. The smallest absolute Gasteiger partial charge is 0.246 e. The maximum absolute atomic E-state index is 14.4. The molecule has 0 aliphatic carbocycles. The summed E-state index contributed by atoms with van der Waals surface area (Å²) in [7, 11) is 0. The summed E-state index contributed by atoms with van der Waals surface area (Å²) in [4.78, 5) is 113. The van der Waals surface area contributed by atoms with Crippen LogP contribution >= 0.6 is 0 Å². The van der Waals surface area contributed by atoms with Crippen LogP contribution in [-0.2, 0) is 44.8 Å². The van der Waals surface area contributed by atoms with E-state index in [-0.39, 0.29) is 38.1 Å². The minimum absolute atomic E-state index is 0.0170. The highest BCUT2D eigenvalue weighted by Crippen LogP contribution is 2.24. The van der Waals surface area contributed by atoms with Crippen LogP contribution in [-0.4, -0.2) is 118 Å². The van der Waals surface area contributed by atoms with Crippen molar-refractivity contribution in [1.82, 2.24) is 36.4 Å². The summed E-state index contributed by atoms with van der Waals surface area (Å²) in [5, 5.41) is 23.6. The van der Waals surface area contributed by atoms with Crippen molar-refractivity contribution < 1.29 is 43.5 Å². The molecule has 0 radical (unpaired) electrons. The van der Waals surface area contributed by atoms with Crippen molar-refractivity contribution in [2.24, 2.45) is 17.6 Å². The molecule has 4 rings (SSSR count). The number of phenols is 1. The second-order valence-corrected chi connectivity index (χ2v) is 15.4. The van der Waals surface area contributed by atoms with Crippen molar-refractivity contribution in [2.75, 3.05) is 13.1 Å². The van der Waals surface area contributed by atoms with E-state index in [9.17, 15) is 43.5 Å². The van der Waals surface area contributed by atoms with Gasteiger partial charge in [-0.2, -0.15) is 0 Å². The first-order valence-corrected chi connectivity index (χ1v) is 19.7. The zero-order valence-corrected chi connectivity index (χ0v) is 33.0. The van der Waals surface area contributed by atoms with E-state index < -0.39 is 101 Å². The van der Waals surface area contributed by atoms with Gasteiger partial charge in [0.2, 0.25) is 47.3 Å². The molecule has 3 heterocycles. The van der Waals surface area contributed by atoms with Crippen molar-refractivity contribution in [3.05, 3.63) is 29.8 Å². The molecule has 3 aliphatic heterocycles. The molecular formula is C39H58N8O9. The molecule has 0 bridgehead atoms. The molecule has 0 saturated carbocycles. The Balaban J connectivity index is 1.77. The average molecular weight is 783 g/mol. The van der Waals surface area contributed by atoms with Crippen LogP contribution in [0.4, 0.5) is 0 Å². The van der Waals surface area contributed by atoms with Crippen LogP contribution in [0.3, 0.4) is 0 Å². The predicted molar refractivity (Wildman–Crippen MR) is 204 cm³/mol. The molecular weight excluding hydrogens is 724 g/mol. The molecule has 8 N–H and O–H groups in total. The Hall–Kier alpha value is -5.22. The molecule has 56 heavy (non-hydrogen) atoms. The number of carbonyl (C=O) groups is 8. The van der Waals surface area contributed by atoms with Crippen LogP contribution < -0.4 is 32.3 Å². The zero-order valence-electron chi connectivity index (χ0n) is 33.0. The van der Waals surface area contributed by atoms with Crippen LogP contribution in [0.15, 0.2) is 24.3 Å². The summed E-state index contributed by atoms with van der Waals surface area (Å²) in [6.07, 6.45) is 2.05. The Morgan fingerprint density at radius 3 is 1.80 bits per heavy atom. The van der Waals surface area contributed by atoms with Gasteiger partial charge in [0, 0.05) is 25.9 Å². The summed E-state index contributed by atoms with van der Waals surface area (Å²) < 4.78 is 0. The molecule has 0 aromatic heterocycles. The standard InChI is InChI=1S/C39H58N8O9/c1-6-21(3)31-37(54)42-26(16-17-30(40)49)34(51)45-32(22(4)7-2)39(56)47-19-9-11-29(47)36(53)43-27(20-24-12-14-25(48)15-13-24)38(55)46-18-8-10-28(46)35(52)41-23(5)33(50)44-31/h12-15,21-23,26-29,31-32,48H,6-11,16-20H2,1-5H3,(H2,40,49)(H,41,52)(H,42,54)(H,43,53)(H,44,50)(H,45,51)/t21-,22-,23-,26-,27-,28-,29-,31-,32-/m0/s1. The lowest BCUT2D eigenvalue weighted by Gasteiger charge is -2.33. The van der Waals surface area contributed by atoms with Gasteiger partial charge in [0.1, 0.15) is 48.0 Å². The van der Waals surface area contributed by atoms with E-state index in [4.69, 9.17) is 5.73 Å². The molecule has 17 nitrogen and oxygen atoms in total. The number of benzene rings is 1. The summed E-state index contributed by atoms with van der Waals surface area (Å²) >= 11 is 0. The number of primary amides is 1. The van der Waals surface area contributed by atoms with Gasteiger partial charge < -0.3 is 47.2 Å². The fourth-order valence-electron chi connectivity index (χ4n) is 7.43. The fourth-order valence-corrected chi connectivity index (χ4v) is 7.43. The Morgan fingerprint density at radius 1 is 0.714 bits per heavy atom. The third-order valence-electron chi connectivity index (χ3n) is 11.3. The maximum Gasteiger partial charge on any atom is 0.246 e. The van der Waals surface area contributed by atoms with Gasteiger partial charge >= 0.3 is 0 Å². The number of phenolic OH excluding ortho intramolecular Hbond substituents is 1. The van der Waals surface area contributed by atoms with Gasteiger partial charge in [-0.1, -0.05) is 52.7 Å². The van der Waals surface area contributed by atoms with Crippen LogP contribution in [0.25, 0.3) is 0 Å². The number of nitrogens with two attached hydrogens (primary N) is 1. The van der Waals surface area contributed by atoms with Gasteiger partial charge in [0.15, 0.2) is 0 Å². The van der Waals surface area contributed by atoms with E-state index in [1.54, 1.807) is 26.0 Å². The van der Waals surface area contributed by atoms with E-state index >= 15 is 0 Å². The van der Waals surface area contributed by atoms with Crippen molar-refractivity contribution in [3.8, 4) is 5.75 Å².